The van der Waals surface area contributed by atoms with Gasteiger partial charge in [-0.3, -0.25) is 4.79 Å². The van der Waals surface area contributed by atoms with Crippen molar-refractivity contribution in [2.75, 3.05) is 5.84 Å². The summed E-state index contributed by atoms with van der Waals surface area (Å²) in [5.74, 6) is 6.81. The Bertz CT molecular complexity index is 823. The highest BCUT2D eigenvalue weighted by Gasteiger charge is 2.31. The summed E-state index contributed by atoms with van der Waals surface area (Å²) in [6.45, 7) is 6.91. The van der Waals surface area contributed by atoms with Gasteiger partial charge in [0.25, 0.3) is 5.56 Å². The lowest BCUT2D eigenvalue weighted by Gasteiger charge is -2.29. The highest BCUT2D eigenvalue weighted by molar-refractivity contribution is 7.18. The molecule has 3 rings (SSSR count). The predicted octanol–water partition coefficient (Wildman–Crippen LogP) is 4.32. The SMILES string of the molecule is CCCCCCCCCc1nc2sc3c(c2c(=O)n1N)CC(C)(C)OC3. The quantitative estimate of drug-likeness (QED) is 0.549. The number of aryl methyl sites for hydroxylation is 1. The van der Waals surface area contributed by atoms with Gasteiger partial charge >= 0.3 is 0 Å². The van der Waals surface area contributed by atoms with E-state index >= 15 is 0 Å². The predicted molar refractivity (Wildman–Crippen MR) is 108 cm³/mol. The molecule has 0 atom stereocenters. The first-order valence-corrected chi connectivity index (χ1v) is 10.7. The third kappa shape index (κ3) is 4.12. The molecule has 0 fully saturated rings. The van der Waals surface area contributed by atoms with E-state index in [-0.39, 0.29) is 11.2 Å². The number of nitrogens with zero attached hydrogens (tertiary/aromatic N) is 2. The maximum Gasteiger partial charge on any atom is 0.280 e. The van der Waals surface area contributed by atoms with Crippen molar-refractivity contribution in [2.45, 2.75) is 90.8 Å². The second-order valence-electron chi connectivity index (χ2n) is 7.98. The molecule has 2 aromatic heterocycles. The number of hydrogen-bond donors (Lipinski definition) is 1. The average Bonchev–Trinajstić information content (AvgIpc) is 2.94. The van der Waals surface area contributed by atoms with Gasteiger partial charge in [-0.1, -0.05) is 45.4 Å². The van der Waals surface area contributed by atoms with Crippen LogP contribution in [0.5, 0.6) is 0 Å². The van der Waals surface area contributed by atoms with E-state index in [1.807, 2.05) is 0 Å². The molecule has 2 aromatic rings. The Kier molecular flexibility index (Phi) is 6.03. The zero-order valence-electron chi connectivity index (χ0n) is 16.3. The maximum absolute atomic E-state index is 12.9. The van der Waals surface area contributed by atoms with Crippen LogP contribution >= 0.6 is 11.3 Å². The summed E-state index contributed by atoms with van der Waals surface area (Å²) in [4.78, 5) is 19.5. The van der Waals surface area contributed by atoms with Crippen LogP contribution in [0.3, 0.4) is 0 Å². The van der Waals surface area contributed by atoms with Crippen LogP contribution in [0.15, 0.2) is 4.79 Å². The molecule has 0 aromatic carbocycles. The highest BCUT2D eigenvalue weighted by Crippen LogP contribution is 2.36. The van der Waals surface area contributed by atoms with Crippen LogP contribution in [0.2, 0.25) is 0 Å². The van der Waals surface area contributed by atoms with Gasteiger partial charge in [0.15, 0.2) is 0 Å². The summed E-state index contributed by atoms with van der Waals surface area (Å²) in [5, 5.41) is 0.701. The smallest absolute Gasteiger partial charge is 0.280 e. The van der Waals surface area contributed by atoms with E-state index in [0.717, 1.165) is 34.5 Å². The third-order valence-electron chi connectivity index (χ3n) is 5.21. The molecule has 1 aliphatic rings. The first-order chi connectivity index (χ1) is 12.4. The molecule has 0 saturated carbocycles. The number of nitrogen functional groups attached to an aromatic ring is 1. The minimum Gasteiger partial charge on any atom is -0.370 e. The van der Waals surface area contributed by atoms with Crippen molar-refractivity contribution >= 4 is 21.6 Å². The van der Waals surface area contributed by atoms with Crippen LogP contribution in [0.4, 0.5) is 0 Å². The fourth-order valence-electron chi connectivity index (χ4n) is 3.66. The van der Waals surface area contributed by atoms with Gasteiger partial charge in [0.1, 0.15) is 10.7 Å². The number of hydrogen-bond acceptors (Lipinski definition) is 5. The van der Waals surface area contributed by atoms with Crippen LogP contribution in [0, 0.1) is 0 Å². The molecule has 26 heavy (non-hydrogen) atoms. The topological polar surface area (TPSA) is 70.1 Å². The van der Waals surface area contributed by atoms with Crippen molar-refractivity contribution in [3.05, 3.63) is 26.6 Å². The maximum atomic E-state index is 12.9. The second-order valence-corrected chi connectivity index (χ2v) is 9.07. The van der Waals surface area contributed by atoms with Crippen molar-refractivity contribution in [1.29, 1.82) is 0 Å². The number of thiophene rings is 1. The van der Waals surface area contributed by atoms with Crippen molar-refractivity contribution in [2.24, 2.45) is 0 Å². The van der Waals surface area contributed by atoms with Crippen molar-refractivity contribution in [3.63, 3.8) is 0 Å². The molecular weight excluding hydrogens is 346 g/mol. The lowest BCUT2D eigenvalue weighted by molar-refractivity contribution is -0.0379. The number of ether oxygens (including phenoxy) is 1. The average molecular weight is 378 g/mol. The van der Waals surface area contributed by atoms with Crippen LogP contribution in [-0.2, 0) is 24.2 Å². The Balaban J connectivity index is 1.73. The van der Waals surface area contributed by atoms with E-state index in [1.165, 1.54) is 43.2 Å². The van der Waals surface area contributed by atoms with Crippen molar-refractivity contribution < 1.29 is 4.74 Å². The van der Waals surface area contributed by atoms with Gasteiger partial charge in [-0.2, -0.15) is 0 Å². The molecule has 0 unspecified atom stereocenters. The fourth-order valence-corrected chi connectivity index (χ4v) is 4.78. The van der Waals surface area contributed by atoms with Gasteiger partial charge in [0.2, 0.25) is 0 Å². The Labute approximate surface area is 159 Å². The Morgan fingerprint density at radius 3 is 2.62 bits per heavy atom. The van der Waals surface area contributed by atoms with Gasteiger partial charge in [-0.05, 0) is 25.8 Å². The van der Waals surface area contributed by atoms with Crippen LogP contribution in [0.1, 0.15) is 82.0 Å². The highest BCUT2D eigenvalue weighted by atomic mass is 32.1. The first kappa shape index (κ1) is 19.4. The zero-order chi connectivity index (χ0) is 18.7. The minimum absolute atomic E-state index is 0.108. The van der Waals surface area contributed by atoms with Gasteiger partial charge < -0.3 is 10.6 Å². The van der Waals surface area contributed by atoms with E-state index < -0.39 is 0 Å². The molecule has 2 N–H and O–H groups in total. The number of nitrogens with two attached hydrogens (primary N) is 1. The van der Waals surface area contributed by atoms with Crippen LogP contribution in [0.25, 0.3) is 10.2 Å². The van der Waals surface area contributed by atoms with Gasteiger partial charge in [-0.15, -0.1) is 11.3 Å². The number of fused-ring (bicyclic) bond motifs is 3. The summed E-state index contributed by atoms with van der Waals surface area (Å²) in [7, 11) is 0. The van der Waals surface area contributed by atoms with E-state index in [4.69, 9.17) is 15.6 Å². The lowest BCUT2D eigenvalue weighted by atomic mass is 9.94. The molecule has 6 heteroatoms. The summed E-state index contributed by atoms with van der Waals surface area (Å²) < 4.78 is 7.16. The van der Waals surface area contributed by atoms with Crippen molar-refractivity contribution in [3.8, 4) is 0 Å². The van der Waals surface area contributed by atoms with Gasteiger partial charge in [0.05, 0.1) is 17.6 Å². The number of aromatic nitrogens is 2. The molecule has 0 saturated heterocycles. The molecule has 0 amide bonds. The van der Waals surface area contributed by atoms with E-state index in [9.17, 15) is 4.79 Å². The first-order valence-electron chi connectivity index (χ1n) is 9.88. The Morgan fingerprint density at radius 1 is 1.19 bits per heavy atom. The standard InChI is InChI=1S/C20H31N3O2S/c1-4-5-6-7-8-9-10-11-16-22-18-17(19(24)23(16)21)14-12-20(2,3)25-13-15(14)26-18/h4-13,21H2,1-3H3. The zero-order valence-corrected chi connectivity index (χ0v) is 17.1. The normalized spacial score (nSPS) is 16.1. The molecule has 0 aliphatic carbocycles. The fraction of sp³-hybridized carbons (Fsp3) is 0.700. The second kappa shape index (κ2) is 8.09. The molecule has 0 spiro atoms. The number of rotatable bonds is 8. The largest absolute Gasteiger partial charge is 0.370 e. The summed E-state index contributed by atoms with van der Waals surface area (Å²) >= 11 is 1.59. The molecular formula is C20H31N3O2S. The lowest BCUT2D eigenvalue weighted by Crippen LogP contribution is -2.34. The van der Waals surface area contributed by atoms with Gasteiger partial charge in [-0.25, -0.2) is 9.66 Å². The third-order valence-corrected chi connectivity index (χ3v) is 6.31. The summed E-state index contributed by atoms with van der Waals surface area (Å²) in [5.41, 5.74) is 0.729. The monoisotopic (exact) mass is 377 g/mol. The molecule has 5 nitrogen and oxygen atoms in total. The van der Waals surface area contributed by atoms with Crippen molar-refractivity contribution in [1.82, 2.24) is 9.66 Å². The molecule has 144 valence electrons. The molecule has 3 heterocycles. The molecule has 0 bridgehead atoms. The minimum atomic E-state index is -0.247. The van der Waals surface area contributed by atoms with E-state index in [1.54, 1.807) is 11.3 Å². The Morgan fingerprint density at radius 2 is 1.88 bits per heavy atom. The van der Waals surface area contributed by atoms with Crippen LogP contribution < -0.4 is 11.4 Å². The number of unbranched alkanes of at least 4 members (excludes halogenated alkanes) is 6. The van der Waals surface area contributed by atoms with E-state index in [0.29, 0.717) is 17.8 Å². The molecule has 0 radical (unpaired) electrons. The molecule has 1 aliphatic heterocycles. The van der Waals surface area contributed by atoms with Gasteiger partial charge in [0, 0.05) is 17.7 Å². The Hall–Kier alpha value is -1.40. The van der Waals surface area contributed by atoms with Crippen LogP contribution in [-0.4, -0.2) is 15.3 Å². The van der Waals surface area contributed by atoms with E-state index in [2.05, 4.69) is 20.8 Å². The summed E-state index contributed by atoms with van der Waals surface area (Å²) in [6.07, 6.45) is 10.2. The summed E-state index contributed by atoms with van der Waals surface area (Å²) in [6, 6.07) is 0.